The molecule has 36 heavy (non-hydrogen) atoms. The maximum Gasteiger partial charge on any atom is 0.225 e. The number of nitrogens with one attached hydrogen (secondary N) is 1. The topological polar surface area (TPSA) is 84.9 Å². The van der Waals surface area contributed by atoms with E-state index in [1.165, 1.54) is 16.7 Å². The molecule has 0 atom stereocenters. The summed E-state index contributed by atoms with van der Waals surface area (Å²) >= 11 is 0. The SMILES string of the molecule is C=C/C(F)=C\C(=C/C)c1nc(N)n2ncc(C(C)C)c2n1.Fc1cc(F)c2[nH]c3c(c2c1)CCCC3. The number of aromatic amines is 1. The van der Waals surface area contributed by atoms with Crippen LogP contribution in [0.4, 0.5) is 19.1 Å². The van der Waals surface area contributed by atoms with Gasteiger partial charge in [-0.05, 0) is 62.3 Å². The molecule has 0 radical (unpaired) electrons. The summed E-state index contributed by atoms with van der Waals surface area (Å²) in [6.45, 7) is 9.26. The lowest BCUT2D eigenvalue weighted by atomic mass is 9.96. The minimum Gasteiger partial charge on any atom is -0.368 e. The Balaban J connectivity index is 0.000000178. The Morgan fingerprint density at radius 2 is 1.94 bits per heavy atom. The smallest absolute Gasteiger partial charge is 0.225 e. The van der Waals surface area contributed by atoms with Crippen molar-refractivity contribution < 1.29 is 13.2 Å². The number of hydrogen-bond acceptors (Lipinski definition) is 4. The van der Waals surface area contributed by atoms with E-state index in [-0.39, 0.29) is 11.9 Å². The second kappa shape index (κ2) is 10.4. The molecule has 0 bridgehead atoms. The maximum atomic E-state index is 13.5. The van der Waals surface area contributed by atoms with Gasteiger partial charge in [-0.15, -0.1) is 0 Å². The lowest BCUT2D eigenvalue weighted by Gasteiger charge is -2.10. The number of nitrogens with two attached hydrogens (primary N) is 1. The standard InChI is InChI=1S/C15H18FN5.C12H11F2N/c1-5-10(7-11(16)6-2)13-19-14-12(9(3)4)8-18-21(14)15(17)20-13;13-7-5-9-8-3-1-2-4-11(8)15-12(9)10(14)6-7/h5-9H,2H2,1,3-4H3,(H2,17,19,20);5-6,15H,1-4H2/b10-5+,11-7+;. The molecule has 1 aromatic carbocycles. The van der Waals surface area contributed by atoms with E-state index in [2.05, 4.69) is 26.6 Å². The van der Waals surface area contributed by atoms with E-state index in [4.69, 9.17) is 5.73 Å². The fourth-order valence-corrected chi connectivity index (χ4v) is 4.37. The van der Waals surface area contributed by atoms with Crippen LogP contribution in [0.25, 0.3) is 22.1 Å². The van der Waals surface area contributed by atoms with Crippen molar-refractivity contribution in [3.8, 4) is 0 Å². The second-order valence-electron chi connectivity index (χ2n) is 8.97. The van der Waals surface area contributed by atoms with Gasteiger partial charge in [-0.1, -0.05) is 26.5 Å². The molecule has 0 amide bonds. The molecule has 3 aromatic heterocycles. The fraction of sp³-hybridized carbons (Fsp3) is 0.296. The van der Waals surface area contributed by atoms with Crippen molar-refractivity contribution in [1.82, 2.24) is 24.6 Å². The molecule has 5 rings (SSSR count). The van der Waals surface area contributed by atoms with Crippen LogP contribution in [0, 0.1) is 11.6 Å². The molecular formula is C27H29F3N6. The van der Waals surface area contributed by atoms with Gasteiger partial charge < -0.3 is 10.7 Å². The highest BCUT2D eigenvalue weighted by Crippen LogP contribution is 2.31. The Bertz CT molecular complexity index is 1490. The number of benzene rings is 1. The predicted molar refractivity (Wildman–Crippen MR) is 137 cm³/mol. The Hall–Kier alpha value is -3.88. The van der Waals surface area contributed by atoms with E-state index in [0.29, 0.717) is 22.6 Å². The largest absolute Gasteiger partial charge is 0.368 e. The first-order chi connectivity index (χ1) is 17.2. The molecule has 0 spiro atoms. The van der Waals surface area contributed by atoms with Crippen LogP contribution in [0.15, 0.2) is 49.0 Å². The van der Waals surface area contributed by atoms with Crippen LogP contribution in [-0.4, -0.2) is 24.6 Å². The molecule has 1 aliphatic rings. The van der Waals surface area contributed by atoms with E-state index >= 15 is 0 Å². The van der Waals surface area contributed by atoms with E-state index in [9.17, 15) is 13.2 Å². The van der Waals surface area contributed by atoms with Gasteiger partial charge in [-0.25, -0.2) is 18.2 Å². The number of allylic oxidation sites excluding steroid dienone is 5. The molecule has 3 N–H and O–H groups in total. The number of nitrogens with zero attached hydrogens (tertiary/aromatic N) is 4. The normalized spacial score (nSPS) is 14.2. The van der Waals surface area contributed by atoms with E-state index in [1.807, 2.05) is 13.8 Å². The minimum atomic E-state index is -0.493. The summed E-state index contributed by atoms with van der Waals surface area (Å²) in [6.07, 6.45) is 10.0. The maximum absolute atomic E-state index is 13.5. The number of anilines is 1. The van der Waals surface area contributed by atoms with Gasteiger partial charge in [0.2, 0.25) is 5.95 Å². The highest BCUT2D eigenvalue weighted by atomic mass is 19.1. The summed E-state index contributed by atoms with van der Waals surface area (Å²) in [4.78, 5) is 11.7. The molecule has 4 aromatic rings. The first-order valence-corrected chi connectivity index (χ1v) is 11.9. The summed E-state index contributed by atoms with van der Waals surface area (Å²) < 4.78 is 41.5. The van der Waals surface area contributed by atoms with Crippen LogP contribution in [0.2, 0.25) is 0 Å². The fourth-order valence-electron chi connectivity index (χ4n) is 4.37. The lowest BCUT2D eigenvalue weighted by molar-refractivity contribution is 0.591. The van der Waals surface area contributed by atoms with E-state index < -0.39 is 17.5 Å². The van der Waals surface area contributed by atoms with Crippen molar-refractivity contribution in [1.29, 1.82) is 0 Å². The number of nitrogen functional groups attached to an aromatic ring is 1. The van der Waals surface area contributed by atoms with Crippen LogP contribution in [0.1, 0.15) is 62.2 Å². The monoisotopic (exact) mass is 494 g/mol. The molecule has 0 fully saturated rings. The van der Waals surface area contributed by atoms with Crippen molar-refractivity contribution in [3.63, 3.8) is 0 Å². The van der Waals surface area contributed by atoms with Gasteiger partial charge in [0.15, 0.2) is 11.5 Å². The van der Waals surface area contributed by atoms with Crippen LogP contribution in [0.3, 0.4) is 0 Å². The van der Waals surface area contributed by atoms with Crippen molar-refractivity contribution >= 4 is 28.1 Å². The molecule has 0 aliphatic heterocycles. The third kappa shape index (κ3) is 4.91. The zero-order valence-electron chi connectivity index (χ0n) is 20.6. The number of hydrogen-bond donors (Lipinski definition) is 2. The number of aromatic nitrogens is 5. The zero-order chi connectivity index (χ0) is 26.0. The zero-order valence-corrected chi connectivity index (χ0v) is 20.6. The van der Waals surface area contributed by atoms with E-state index in [1.54, 1.807) is 19.2 Å². The van der Waals surface area contributed by atoms with Gasteiger partial charge in [0.05, 0.1) is 11.7 Å². The van der Waals surface area contributed by atoms with Crippen LogP contribution in [-0.2, 0) is 12.8 Å². The lowest BCUT2D eigenvalue weighted by Crippen LogP contribution is -2.07. The third-order valence-corrected chi connectivity index (χ3v) is 6.22. The van der Waals surface area contributed by atoms with Gasteiger partial charge >= 0.3 is 0 Å². The van der Waals surface area contributed by atoms with Gasteiger partial charge in [0.25, 0.3) is 0 Å². The molecule has 188 valence electrons. The van der Waals surface area contributed by atoms with Crippen LogP contribution in [0.5, 0.6) is 0 Å². The Morgan fingerprint density at radius 1 is 1.19 bits per heavy atom. The highest BCUT2D eigenvalue weighted by molar-refractivity contribution is 5.85. The average Bonchev–Trinajstić information content (AvgIpc) is 3.45. The molecule has 3 heterocycles. The predicted octanol–water partition coefficient (Wildman–Crippen LogP) is 6.60. The first kappa shape index (κ1) is 25.2. The Labute approximate surface area is 207 Å². The molecule has 0 saturated carbocycles. The van der Waals surface area contributed by atoms with Crippen LogP contribution < -0.4 is 5.73 Å². The average molecular weight is 495 g/mol. The summed E-state index contributed by atoms with van der Waals surface area (Å²) in [5, 5.41) is 4.91. The number of fused-ring (bicyclic) bond motifs is 4. The molecule has 1 aliphatic carbocycles. The quantitative estimate of drug-likeness (QED) is 0.313. The number of rotatable bonds is 4. The van der Waals surface area contributed by atoms with Crippen molar-refractivity contribution in [2.45, 2.75) is 52.4 Å². The molecule has 0 unspecified atom stereocenters. The van der Waals surface area contributed by atoms with Crippen molar-refractivity contribution in [2.24, 2.45) is 0 Å². The third-order valence-electron chi connectivity index (χ3n) is 6.22. The summed E-state index contributed by atoms with van der Waals surface area (Å²) in [5.74, 6) is -0.607. The first-order valence-electron chi connectivity index (χ1n) is 11.9. The Kier molecular flexibility index (Phi) is 7.28. The summed E-state index contributed by atoms with van der Waals surface area (Å²) in [5.41, 5.74) is 10.7. The molecule has 6 nitrogen and oxygen atoms in total. The van der Waals surface area contributed by atoms with Gasteiger partial charge in [0, 0.05) is 28.3 Å². The summed E-state index contributed by atoms with van der Waals surface area (Å²) in [7, 11) is 0. The number of H-pyrrole nitrogens is 1. The molecular weight excluding hydrogens is 465 g/mol. The molecule has 0 saturated heterocycles. The van der Waals surface area contributed by atoms with Crippen LogP contribution >= 0.6 is 0 Å². The Morgan fingerprint density at radius 3 is 2.64 bits per heavy atom. The van der Waals surface area contributed by atoms with Gasteiger partial charge in [-0.3, -0.25) is 0 Å². The highest BCUT2D eigenvalue weighted by Gasteiger charge is 2.18. The number of aryl methyl sites for hydroxylation is 2. The minimum absolute atomic E-state index is 0.216. The summed E-state index contributed by atoms with van der Waals surface area (Å²) in [6, 6.07) is 2.36. The van der Waals surface area contributed by atoms with Crippen molar-refractivity contribution in [3.05, 3.63) is 83.2 Å². The molecule has 9 heteroatoms. The second-order valence-corrected chi connectivity index (χ2v) is 8.97. The van der Waals surface area contributed by atoms with E-state index in [0.717, 1.165) is 60.0 Å². The van der Waals surface area contributed by atoms with Gasteiger partial charge in [0.1, 0.15) is 17.5 Å². The number of halogens is 3. The van der Waals surface area contributed by atoms with Gasteiger partial charge in [-0.2, -0.15) is 14.6 Å². The van der Waals surface area contributed by atoms with Crippen molar-refractivity contribution in [2.75, 3.05) is 5.73 Å².